The molecule has 2 aromatic rings. The molecule has 2 aromatic carbocycles. The van der Waals surface area contributed by atoms with Crippen LogP contribution in [-0.2, 0) is 4.74 Å². The quantitative estimate of drug-likeness (QED) is 0.718. The van der Waals surface area contributed by atoms with E-state index in [-0.39, 0.29) is 24.0 Å². The number of anilines is 1. The van der Waals surface area contributed by atoms with E-state index >= 15 is 0 Å². The van der Waals surface area contributed by atoms with Gasteiger partial charge in [-0.2, -0.15) is 0 Å². The summed E-state index contributed by atoms with van der Waals surface area (Å²) in [6.45, 7) is 6.64. The van der Waals surface area contributed by atoms with Crippen LogP contribution in [0.1, 0.15) is 33.6 Å². The Morgan fingerprint density at radius 2 is 1.68 bits per heavy atom. The van der Waals surface area contributed by atoms with Gasteiger partial charge in [-0.05, 0) is 57.4 Å². The summed E-state index contributed by atoms with van der Waals surface area (Å²) in [5, 5.41) is 2.89. The fourth-order valence-corrected chi connectivity index (χ4v) is 3.57. The molecule has 1 N–H and O–H groups in total. The molecule has 3 amide bonds. The van der Waals surface area contributed by atoms with Crippen LogP contribution in [0, 0.1) is 5.82 Å². The maximum atomic E-state index is 13.9. The summed E-state index contributed by atoms with van der Waals surface area (Å²) in [5.41, 5.74) is 1.39. The van der Waals surface area contributed by atoms with Crippen molar-refractivity contribution in [1.82, 2.24) is 9.80 Å². The number of likely N-dealkylation sites (tertiary alicyclic amines) is 1. The second kappa shape index (κ2) is 9.37. The lowest BCUT2D eigenvalue weighted by Gasteiger charge is -2.37. The molecule has 7 heteroatoms. The number of piperidine rings is 1. The van der Waals surface area contributed by atoms with E-state index in [1.165, 1.54) is 6.07 Å². The first-order valence-corrected chi connectivity index (χ1v) is 10.5. The lowest BCUT2D eigenvalue weighted by molar-refractivity contribution is 0.0174. The Hall–Kier alpha value is -3.09. The maximum Gasteiger partial charge on any atom is 0.410 e. The summed E-state index contributed by atoms with van der Waals surface area (Å²) in [4.78, 5) is 28.2. The first-order valence-electron chi connectivity index (χ1n) is 10.5. The van der Waals surface area contributed by atoms with Crippen molar-refractivity contribution in [3.63, 3.8) is 0 Å². The lowest BCUT2D eigenvalue weighted by atomic mass is 10.0. The van der Waals surface area contributed by atoms with Gasteiger partial charge in [-0.25, -0.2) is 14.0 Å². The number of nitrogens with one attached hydrogen (secondary N) is 1. The van der Waals surface area contributed by atoms with E-state index in [4.69, 9.17) is 4.74 Å². The Labute approximate surface area is 183 Å². The number of hydrogen-bond donors (Lipinski definition) is 1. The van der Waals surface area contributed by atoms with Crippen molar-refractivity contribution in [1.29, 1.82) is 0 Å². The molecule has 0 spiro atoms. The Morgan fingerprint density at radius 3 is 2.26 bits per heavy atom. The molecule has 1 saturated heterocycles. The van der Waals surface area contributed by atoms with Crippen LogP contribution in [0.3, 0.4) is 0 Å². The van der Waals surface area contributed by atoms with Gasteiger partial charge in [0.15, 0.2) is 0 Å². The van der Waals surface area contributed by atoms with E-state index in [0.29, 0.717) is 37.2 Å². The zero-order valence-electron chi connectivity index (χ0n) is 18.5. The largest absolute Gasteiger partial charge is 0.444 e. The van der Waals surface area contributed by atoms with Crippen molar-refractivity contribution >= 4 is 17.8 Å². The number of carbonyl (C=O) groups excluding carboxylic acids is 2. The minimum Gasteiger partial charge on any atom is -0.444 e. The van der Waals surface area contributed by atoms with Gasteiger partial charge in [-0.1, -0.05) is 30.3 Å². The Kier molecular flexibility index (Phi) is 6.83. The zero-order chi connectivity index (χ0) is 22.6. The number of benzene rings is 2. The molecule has 0 aliphatic carbocycles. The van der Waals surface area contributed by atoms with Gasteiger partial charge in [0.05, 0.1) is 0 Å². The van der Waals surface area contributed by atoms with Crippen LogP contribution in [0.15, 0.2) is 48.5 Å². The van der Waals surface area contributed by atoms with Gasteiger partial charge >= 0.3 is 12.1 Å². The minimum absolute atomic E-state index is 0.0383. The third-order valence-corrected chi connectivity index (χ3v) is 5.31. The molecule has 166 valence electrons. The molecule has 1 heterocycles. The normalized spacial score (nSPS) is 14.8. The molecule has 1 fully saturated rings. The van der Waals surface area contributed by atoms with Gasteiger partial charge in [0.25, 0.3) is 0 Å². The summed E-state index contributed by atoms with van der Waals surface area (Å²) >= 11 is 0. The summed E-state index contributed by atoms with van der Waals surface area (Å²) in [6, 6.07) is 13.5. The van der Waals surface area contributed by atoms with Crippen LogP contribution in [0.5, 0.6) is 0 Å². The van der Waals surface area contributed by atoms with Gasteiger partial charge in [0.2, 0.25) is 0 Å². The molecule has 6 nitrogen and oxygen atoms in total. The van der Waals surface area contributed by atoms with Crippen molar-refractivity contribution in [3.8, 4) is 11.1 Å². The smallest absolute Gasteiger partial charge is 0.410 e. The van der Waals surface area contributed by atoms with Gasteiger partial charge in [0, 0.05) is 37.4 Å². The summed E-state index contributed by atoms with van der Waals surface area (Å²) in [5.74, 6) is -0.281. The standard InChI is InChI=1S/C24H30FN3O3/c1-24(2,3)31-23(30)28-15-13-19(14-16-28)27(4)22(29)26-18-11-9-17(10-12-18)20-7-5-6-8-21(20)25/h5-12,19H,13-16H2,1-4H3,(H,26,29). The molecule has 0 unspecified atom stereocenters. The SMILES string of the molecule is CN(C(=O)Nc1ccc(-c2ccccc2F)cc1)C1CCN(C(=O)OC(C)(C)C)CC1. The highest BCUT2D eigenvalue weighted by atomic mass is 19.1. The van der Waals surface area contributed by atoms with E-state index in [1.807, 2.05) is 20.8 Å². The zero-order valence-corrected chi connectivity index (χ0v) is 18.5. The molecule has 0 radical (unpaired) electrons. The highest BCUT2D eigenvalue weighted by Gasteiger charge is 2.30. The Morgan fingerprint density at radius 1 is 1.06 bits per heavy atom. The monoisotopic (exact) mass is 427 g/mol. The van der Waals surface area contributed by atoms with Gasteiger partial charge < -0.3 is 19.9 Å². The Bertz CT molecular complexity index is 916. The number of rotatable bonds is 3. The summed E-state index contributed by atoms with van der Waals surface area (Å²) in [7, 11) is 1.76. The molecular formula is C24H30FN3O3. The van der Waals surface area contributed by atoms with Crippen molar-refractivity contribution in [2.75, 3.05) is 25.5 Å². The molecular weight excluding hydrogens is 397 g/mol. The van der Waals surface area contributed by atoms with E-state index in [9.17, 15) is 14.0 Å². The number of nitrogens with zero attached hydrogens (tertiary/aromatic N) is 2. The number of amides is 3. The topological polar surface area (TPSA) is 61.9 Å². The number of ether oxygens (including phenoxy) is 1. The van der Waals surface area contributed by atoms with Crippen molar-refractivity contribution < 1.29 is 18.7 Å². The number of hydrogen-bond acceptors (Lipinski definition) is 3. The molecule has 1 aliphatic heterocycles. The van der Waals surface area contributed by atoms with E-state index in [2.05, 4.69) is 5.32 Å². The second-order valence-electron chi connectivity index (χ2n) is 8.80. The highest BCUT2D eigenvalue weighted by Crippen LogP contribution is 2.24. The van der Waals surface area contributed by atoms with Crippen LogP contribution >= 0.6 is 0 Å². The second-order valence-corrected chi connectivity index (χ2v) is 8.80. The third-order valence-electron chi connectivity index (χ3n) is 5.31. The molecule has 31 heavy (non-hydrogen) atoms. The first kappa shape index (κ1) is 22.6. The van der Waals surface area contributed by atoms with Crippen LogP contribution in [0.25, 0.3) is 11.1 Å². The fraction of sp³-hybridized carbons (Fsp3) is 0.417. The highest BCUT2D eigenvalue weighted by molar-refractivity contribution is 5.89. The van der Waals surface area contributed by atoms with Crippen LogP contribution in [0.2, 0.25) is 0 Å². The Balaban J connectivity index is 1.53. The molecule has 0 aromatic heterocycles. The van der Waals surface area contributed by atoms with Gasteiger partial charge in [-0.15, -0.1) is 0 Å². The van der Waals surface area contributed by atoms with Crippen molar-refractivity contribution in [3.05, 3.63) is 54.3 Å². The lowest BCUT2D eigenvalue weighted by Crippen LogP contribution is -2.49. The van der Waals surface area contributed by atoms with Crippen LogP contribution in [-0.4, -0.2) is 53.7 Å². The maximum absolute atomic E-state index is 13.9. The molecule has 0 atom stereocenters. The van der Waals surface area contributed by atoms with E-state index in [1.54, 1.807) is 59.3 Å². The summed E-state index contributed by atoms with van der Waals surface area (Å²) < 4.78 is 19.4. The average Bonchev–Trinajstić information content (AvgIpc) is 2.73. The van der Waals surface area contributed by atoms with Gasteiger partial charge in [-0.3, -0.25) is 0 Å². The molecule has 3 rings (SSSR count). The van der Waals surface area contributed by atoms with Crippen LogP contribution in [0.4, 0.5) is 19.7 Å². The van der Waals surface area contributed by atoms with Crippen LogP contribution < -0.4 is 5.32 Å². The molecule has 1 aliphatic rings. The molecule has 0 saturated carbocycles. The summed E-state index contributed by atoms with van der Waals surface area (Å²) in [6.07, 6.45) is 1.07. The predicted octanol–water partition coefficient (Wildman–Crippen LogP) is 5.36. The number of carbonyl (C=O) groups is 2. The first-order chi connectivity index (χ1) is 14.6. The van der Waals surface area contributed by atoms with E-state index in [0.717, 1.165) is 5.56 Å². The average molecular weight is 428 g/mol. The number of urea groups is 1. The van der Waals surface area contributed by atoms with E-state index < -0.39 is 5.60 Å². The predicted molar refractivity (Wildman–Crippen MR) is 119 cm³/mol. The fourth-order valence-electron chi connectivity index (χ4n) is 3.57. The minimum atomic E-state index is -0.521. The number of halogens is 1. The molecule has 0 bridgehead atoms. The third kappa shape index (κ3) is 5.96. The van der Waals surface area contributed by atoms with Gasteiger partial charge in [0.1, 0.15) is 11.4 Å². The van der Waals surface area contributed by atoms with Crippen molar-refractivity contribution in [2.24, 2.45) is 0 Å². The van der Waals surface area contributed by atoms with Crippen molar-refractivity contribution in [2.45, 2.75) is 45.3 Å².